The predicted octanol–water partition coefficient (Wildman–Crippen LogP) is 2.51. The second-order valence-corrected chi connectivity index (χ2v) is 7.56. The summed E-state index contributed by atoms with van der Waals surface area (Å²) in [6.45, 7) is 3.55. The first kappa shape index (κ1) is 18.4. The highest BCUT2D eigenvalue weighted by Gasteiger charge is 2.31. The standard InChI is InChI=1S/C21H24N6O/c22-14-16-1-6-25-20(13-16)26-9-2-17(3-10-26)18-4-11-27(12-5-18)21(28)19-15-23-7-8-24-19/h1,6-8,13,15,17-18H,2-5,9-12H2. The molecule has 4 rings (SSSR count). The van der Waals surface area contributed by atoms with Crippen LogP contribution in [0.4, 0.5) is 5.82 Å². The minimum absolute atomic E-state index is 0.00943. The van der Waals surface area contributed by atoms with Gasteiger partial charge in [0.1, 0.15) is 11.5 Å². The zero-order valence-corrected chi connectivity index (χ0v) is 15.9. The SMILES string of the molecule is N#Cc1ccnc(N2CCC(C3CCN(C(=O)c4cnccn4)CC3)CC2)c1. The molecular weight excluding hydrogens is 352 g/mol. The summed E-state index contributed by atoms with van der Waals surface area (Å²) in [6, 6.07) is 5.80. The van der Waals surface area contributed by atoms with Crippen molar-refractivity contribution < 1.29 is 4.79 Å². The van der Waals surface area contributed by atoms with Gasteiger partial charge < -0.3 is 9.80 Å². The monoisotopic (exact) mass is 376 g/mol. The third kappa shape index (κ3) is 3.96. The number of aromatic nitrogens is 3. The van der Waals surface area contributed by atoms with E-state index in [0.717, 1.165) is 57.7 Å². The second-order valence-electron chi connectivity index (χ2n) is 7.56. The first-order valence-electron chi connectivity index (χ1n) is 9.91. The molecule has 0 saturated carbocycles. The van der Waals surface area contributed by atoms with Gasteiger partial charge in [-0.15, -0.1) is 0 Å². The Morgan fingerprint density at radius 3 is 2.36 bits per heavy atom. The highest BCUT2D eigenvalue weighted by Crippen LogP contribution is 2.33. The zero-order chi connectivity index (χ0) is 19.3. The number of nitrogens with zero attached hydrogens (tertiary/aromatic N) is 6. The minimum Gasteiger partial charge on any atom is -0.357 e. The Labute approximate surface area is 165 Å². The molecule has 0 spiro atoms. The first-order chi connectivity index (χ1) is 13.7. The highest BCUT2D eigenvalue weighted by atomic mass is 16.2. The Balaban J connectivity index is 1.28. The van der Waals surface area contributed by atoms with Gasteiger partial charge in [-0.25, -0.2) is 9.97 Å². The van der Waals surface area contributed by atoms with Gasteiger partial charge in [-0.05, 0) is 49.7 Å². The zero-order valence-electron chi connectivity index (χ0n) is 15.9. The molecule has 0 N–H and O–H groups in total. The molecule has 28 heavy (non-hydrogen) atoms. The smallest absolute Gasteiger partial charge is 0.274 e. The van der Waals surface area contributed by atoms with E-state index < -0.39 is 0 Å². The number of nitriles is 1. The van der Waals surface area contributed by atoms with Gasteiger partial charge in [-0.1, -0.05) is 0 Å². The van der Waals surface area contributed by atoms with Crippen LogP contribution in [-0.4, -0.2) is 51.9 Å². The van der Waals surface area contributed by atoms with Gasteiger partial charge in [-0.3, -0.25) is 9.78 Å². The fourth-order valence-corrected chi connectivity index (χ4v) is 4.41. The van der Waals surface area contributed by atoms with Crippen molar-refractivity contribution in [3.8, 4) is 6.07 Å². The van der Waals surface area contributed by atoms with Crippen LogP contribution in [0.1, 0.15) is 41.7 Å². The number of rotatable bonds is 3. The van der Waals surface area contributed by atoms with Gasteiger partial charge >= 0.3 is 0 Å². The van der Waals surface area contributed by atoms with Crippen LogP contribution in [0.2, 0.25) is 0 Å². The number of piperidine rings is 2. The Bertz CT molecular complexity index is 849. The lowest BCUT2D eigenvalue weighted by molar-refractivity contribution is 0.0639. The summed E-state index contributed by atoms with van der Waals surface area (Å²) >= 11 is 0. The van der Waals surface area contributed by atoms with E-state index in [1.165, 1.54) is 0 Å². The van der Waals surface area contributed by atoms with Crippen molar-refractivity contribution in [1.29, 1.82) is 5.26 Å². The molecule has 2 aromatic rings. The molecule has 1 amide bonds. The lowest BCUT2D eigenvalue weighted by atomic mass is 9.78. The van der Waals surface area contributed by atoms with Crippen LogP contribution in [0.15, 0.2) is 36.9 Å². The Kier molecular flexibility index (Phi) is 5.47. The van der Waals surface area contributed by atoms with Gasteiger partial charge in [0.25, 0.3) is 5.91 Å². The average Bonchev–Trinajstić information content (AvgIpc) is 2.79. The number of carbonyl (C=O) groups excluding carboxylic acids is 1. The summed E-state index contributed by atoms with van der Waals surface area (Å²) < 4.78 is 0. The third-order valence-electron chi connectivity index (χ3n) is 6.01. The number of pyridine rings is 1. The van der Waals surface area contributed by atoms with Gasteiger partial charge in [0.2, 0.25) is 0 Å². The number of amides is 1. The number of anilines is 1. The third-order valence-corrected chi connectivity index (χ3v) is 6.01. The molecule has 2 aliphatic heterocycles. The summed E-state index contributed by atoms with van der Waals surface area (Å²) in [4.78, 5) is 29.3. The van der Waals surface area contributed by atoms with E-state index in [-0.39, 0.29) is 5.91 Å². The molecule has 0 bridgehead atoms. The van der Waals surface area contributed by atoms with Gasteiger partial charge in [0.05, 0.1) is 17.8 Å². The maximum Gasteiger partial charge on any atom is 0.274 e. The number of likely N-dealkylation sites (tertiary alicyclic amines) is 1. The fraction of sp³-hybridized carbons (Fsp3) is 0.476. The van der Waals surface area contributed by atoms with Crippen molar-refractivity contribution in [1.82, 2.24) is 19.9 Å². The molecule has 144 valence electrons. The molecule has 2 fully saturated rings. The normalized spacial score (nSPS) is 18.7. The van der Waals surface area contributed by atoms with Crippen LogP contribution in [0.5, 0.6) is 0 Å². The summed E-state index contributed by atoms with van der Waals surface area (Å²) in [7, 11) is 0. The molecule has 2 aromatic heterocycles. The number of hydrogen-bond acceptors (Lipinski definition) is 6. The predicted molar refractivity (Wildman–Crippen MR) is 105 cm³/mol. The van der Waals surface area contributed by atoms with Gasteiger partial charge in [0, 0.05) is 44.8 Å². The summed E-state index contributed by atoms with van der Waals surface area (Å²) in [6.07, 6.45) is 10.8. The summed E-state index contributed by atoms with van der Waals surface area (Å²) in [5.74, 6) is 2.27. The molecular formula is C21H24N6O. The van der Waals surface area contributed by atoms with Crippen molar-refractivity contribution >= 4 is 11.7 Å². The maximum absolute atomic E-state index is 12.5. The summed E-state index contributed by atoms with van der Waals surface area (Å²) in [5, 5.41) is 9.07. The van der Waals surface area contributed by atoms with Crippen LogP contribution < -0.4 is 4.90 Å². The van der Waals surface area contributed by atoms with Crippen molar-refractivity contribution in [3.63, 3.8) is 0 Å². The van der Waals surface area contributed by atoms with Crippen LogP contribution in [0.25, 0.3) is 0 Å². The van der Waals surface area contributed by atoms with Crippen LogP contribution in [-0.2, 0) is 0 Å². The lowest BCUT2D eigenvalue weighted by Gasteiger charge is -2.40. The van der Waals surface area contributed by atoms with Gasteiger partial charge in [0.15, 0.2) is 0 Å². The van der Waals surface area contributed by atoms with E-state index >= 15 is 0 Å². The maximum atomic E-state index is 12.5. The molecule has 0 unspecified atom stereocenters. The van der Waals surface area contributed by atoms with Crippen LogP contribution in [0.3, 0.4) is 0 Å². The molecule has 0 aromatic carbocycles. The Hall–Kier alpha value is -3.01. The fourth-order valence-electron chi connectivity index (χ4n) is 4.41. The Morgan fingerprint density at radius 1 is 1.00 bits per heavy atom. The van der Waals surface area contributed by atoms with Gasteiger partial charge in [-0.2, -0.15) is 5.26 Å². The topological polar surface area (TPSA) is 86.0 Å². The van der Waals surface area contributed by atoms with E-state index in [0.29, 0.717) is 23.1 Å². The summed E-state index contributed by atoms with van der Waals surface area (Å²) in [5.41, 5.74) is 1.09. The van der Waals surface area contributed by atoms with E-state index in [1.807, 2.05) is 11.0 Å². The van der Waals surface area contributed by atoms with E-state index in [2.05, 4.69) is 25.9 Å². The van der Waals surface area contributed by atoms with Crippen molar-refractivity contribution in [2.24, 2.45) is 11.8 Å². The average molecular weight is 376 g/mol. The van der Waals surface area contributed by atoms with Crippen molar-refractivity contribution in [2.45, 2.75) is 25.7 Å². The number of carbonyl (C=O) groups is 1. The van der Waals surface area contributed by atoms with Crippen LogP contribution in [0, 0.1) is 23.2 Å². The molecule has 0 atom stereocenters. The molecule has 2 saturated heterocycles. The highest BCUT2D eigenvalue weighted by molar-refractivity contribution is 5.92. The Morgan fingerprint density at radius 2 is 1.71 bits per heavy atom. The molecule has 7 nitrogen and oxygen atoms in total. The molecule has 2 aliphatic rings. The molecule has 4 heterocycles. The van der Waals surface area contributed by atoms with E-state index in [1.54, 1.807) is 30.9 Å². The molecule has 0 radical (unpaired) electrons. The largest absolute Gasteiger partial charge is 0.357 e. The van der Waals surface area contributed by atoms with E-state index in [9.17, 15) is 4.79 Å². The molecule has 0 aliphatic carbocycles. The van der Waals surface area contributed by atoms with E-state index in [4.69, 9.17) is 5.26 Å². The minimum atomic E-state index is -0.00943. The quantitative estimate of drug-likeness (QED) is 0.818. The van der Waals surface area contributed by atoms with Crippen LogP contribution >= 0.6 is 0 Å². The molecule has 7 heteroatoms. The number of hydrogen-bond donors (Lipinski definition) is 0. The van der Waals surface area contributed by atoms with Crippen molar-refractivity contribution in [2.75, 3.05) is 31.1 Å². The first-order valence-corrected chi connectivity index (χ1v) is 9.91. The van der Waals surface area contributed by atoms with Crippen molar-refractivity contribution in [3.05, 3.63) is 48.2 Å². The lowest BCUT2D eigenvalue weighted by Crippen LogP contribution is -2.43. The second kappa shape index (κ2) is 8.34.